The Morgan fingerprint density at radius 3 is 2.43 bits per heavy atom. The molecule has 0 aliphatic carbocycles. The lowest BCUT2D eigenvalue weighted by Gasteiger charge is -1.79. The van der Waals surface area contributed by atoms with E-state index in [1.54, 1.807) is 13.2 Å². The Bertz CT molecular complexity index is 86.1. The number of hydrogen-bond donors (Lipinski definition) is 1. The SMILES string of the molecule is CNC=CC(C)=O. The minimum absolute atomic E-state index is 0.0642. The quantitative estimate of drug-likeness (QED) is 0.505. The summed E-state index contributed by atoms with van der Waals surface area (Å²) in [4.78, 5) is 10.1. The fourth-order valence-corrected chi connectivity index (χ4v) is 0.201. The maximum Gasteiger partial charge on any atom is 0.154 e. The van der Waals surface area contributed by atoms with Crippen molar-refractivity contribution < 1.29 is 4.79 Å². The van der Waals surface area contributed by atoms with E-state index in [9.17, 15) is 4.79 Å². The third-order valence-corrected chi connectivity index (χ3v) is 0.485. The zero-order valence-electron chi connectivity index (χ0n) is 4.56. The average Bonchev–Trinajstić information content (AvgIpc) is 1.61. The summed E-state index contributed by atoms with van der Waals surface area (Å²) in [6.45, 7) is 1.51. The minimum atomic E-state index is 0.0642. The molecule has 0 heterocycles. The lowest BCUT2D eigenvalue weighted by atomic mass is 10.4. The predicted octanol–water partition coefficient (Wildman–Crippen LogP) is 0.309. The molecule has 0 spiro atoms. The molecule has 0 aromatic rings. The summed E-state index contributed by atoms with van der Waals surface area (Å²) < 4.78 is 0. The van der Waals surface area contributed by atoms with Gasteiger partial charge in [-0.3, -0.25) is 4.79 Å². The molecular weight excluding hydrogens is 90.1 g/mol. The Hall–Kier alpha value is -0.790. The summed E-state index contributed by atoms with van der Waals surface area (Å²) >= 11 is 0. The zero-order chi connectivity index (χ0) is 5.70. The van der Waals surface area contributed by atoms with Crippen molar-refractivity contribution in [3.8, 4) is 0 Å². The number of carbonyl (C=O) groups excluding carboxylic acids is 1. The van der Waals surface area contributed by atoms with Crippen LogP contribution < -0.4 is 5.32 Å². The molecule has 1 N–H and O–H groups in total. The highest BCUT2D eigenvalue weighted by Crippen LogP contribution is 1.67. The average molecular weight is 99.1 g/mol. The molecule has 0 saturated carbocycles. The summed E-state index contributed by atoms with van der Waals surface area (Å²) in [5.41, 5.74) is 0. The molecule has 0 atom stereocenters. The maximum absolute atomic E-state index is 10.1. The molecule has 0 bridgehead atoms. The molecule has 0 aromatic heterocycles. The van der Waals surface area contributed by atoms with Gasteiger partial charge in [0.2, 0.25) is 0 Å². The second-order valence-electron chi connectivity index (χ2n) is 1.23. The smallest absolute Gasteiger partial charge is 0.154 e. The second kappa shape index (κ2) is 3.40. The number of allylic oxidation sites excluding steroid dienone is 1. The van der Waals surface area contributed by atoms with Crippen molar-refractivity contribution in [2.24, 2.45) is 0 Å². The third-order valence-electron chi connectivity index (χ3n) is 0.485. The third kappa shape index (κ3) is 5.21. The van der Waals surface area contributed by atoms with Gasteiger partial charge in [-0.1, -0.05) is 0 Å². The molecule has 0 radical (unpaired) electrons. The topological polar surface area (TPSA) is 29.1 Å². The van der Waals surface area contributed by atoms with Gasteiger partial charge in [0.1, 0.15) is 0 Å². The molecule has 0 aliphatic rings. The van der Waals surface area contributed by atoms with Crippen molar-refractivity contribution in [3.05, 3.63) is 12.3 Å². The summed E-state index contributed by atoms with van der Waals surface area (Å²) in [5.74, 6) is 0.0642. The van der Waals surface area contributed by atoms with Crippen molar-refractivity contribution in [1.82, 2.24) is 5.32 Å². The van der Waals surface area contributed by atoms with Crippen LogP contribution in [0.1, 0.15) is 6.92 Å². The monoisotopic (exact) mass is 99.1 g/mol. The first-order valence-electron chi connectivity index (χ1n) is 2.11. The fourth-order valence-electron chi connectivity index (χ4n) is 0.201. The van der Waals surface area contributed by atoms with Gasteiger partial charge < -0.3 is 5.32 Å². The van der Waals surface area contributed by atoms with Crippen LogP contribution in [0.15, 0.2) is 12.3 Å². The molecular formula is C5H9NO. The van der Waals surface area contributed by atoms with E-state index in [1.807, 2.05) is 0 Å². The fraction of sp³-hybridized carbons (Fsp3) is 0.400. The van der Waals surface area contributed by atoms with E-state index in [4.69, 9.17) is 0 Å². The van der Waals surface area contributed by atoms with E-state index in [0.717, 1.165) is 0 Å². The van der Waals surface area contributed by atoms with Crippen molar-refractivity contribution in [3.63, 3.8) is 0 Å². The van der Waals surface area contributed by atoms with Crippen LogP contribution in [0, 0.1) is 0 Å². The molecule has 0 fully saturated rings. The normalized spacial score (nSPS) is 9.43. The van der Waals surface area contributed by atoms with Crippen LogP contribution >= 0.6 is 0 Å². The van der Waals surface area contributed by atoms with E-state index in [0.29, 0.717) is 0 Å². The van der Waals surface area contributed by atoms with Gasteiger partial charge in [0.25, 0.3) is 0 Å². The molecule has 2 nitrogen and oxygen atoms in total. The van der Waals surface area contributed by atoms with Crippen LogP contribution in [-0.2, 0) is 4.79 Å². The van der Waals surface area contributed by atoms with E-state index in [-0.39, 0.29) is 5.78 Å². The van der Waals surface area contributed by atoms with Crippen LogP contribution in [0.25, 0.3) is 0 Å². The van der Waals surface area contributed by atoms with E-state index in [2.05, 4.69) is 5.32 Å². The molecule has 0 unspecified atom stereocenters. The molecule has 40 valence electrons. The first-order valence-corrected chi connectivity index (χ1v) is 2.11. The first kappa shape index (κ1) is 6.21. The van der Waals surface area contributed by atoms with Crippen LogP contribution in [0.4, 0.5) is 0 Å². The molecule has 0 saturated heterocycles. The molecule has 0 rings (SSSR count). The standard InChI is InChI=1S/C5H9NO/c1-5(7)3-4-6-2/h3-4,6H,1-2H3. The Morgan fingerprint density at radius 2 is 2.29 bits per heavy atom. The molecule has 0 aromatic carbocycles. The highest BCUT2D eigenvalue weighted by atomic mass is 16.1. The summed E-state index contributed by atoms with van der Waals surface area (Å²) in [6, 6.07) is 0. The van der Waals surface area contributed by atoms with Crippen LogP contribution in [-0.4, -0.2) is 12.8 Å². The minimum Gasteiger partial charge on any atom is -0.394 e. The van der Waals surface area contributed by atoms with E-state index < -0.39 is 0 Å². The second-order valence-corrected chi connectivity index (χ2v) is 1.23. The van der Waals surface area contributed by atoms with Gasteiger partial charge in [0.15, 0.2) is 5.78 Å². The molecule has 0 aliphatic heterocycles. The van der Waals surface area contributed by atoms with Crippen LogP contribution in [0.2, 0.25) is 0 Å². The predicted molar refractivity (Wildman–Crippen MR) is 28.9 cm³/mol. The Kier molecular flexibility index (Phi) is 3.02. The van der Waals surface area contributed by atoms with Gasteiger partial charge >= 0.3 is 0 Å². The zero-order valence-corrected chi connectivity index (χ0v) is 4.56. The number of hydrogen-bond acceptors (Lipinski definition) is 2. The summed E-state index contributed by atoms with van der Waals surface area (Å²) in [5, 5.41) is 2.70. The summed E-state index contributed by atoms with van der Waals surface area (Å²) in [7, 11) is 1.75. The van der Waals surface area contributed by atoms with Crippen molar-refractivity contribution >= 4 is 5.78 Å². The van der Waals surface area contributed by atoms with Crippen molar-refractivity contribution in [2.75, 3.05) is 7.05 Å². The number of ketones is 1. The molecule has 7 heavy (non-hydrogen) atoms. The Labute approximate surface area is 43.2 Å². The van der Waals surface area contributed by atoms with Crippen molar-refractivity contribution in [2.45, 2.75) is 6.92 Å². The van der Waals surface area contributed by atoms with Gasteiger partial charge in [-0.15, -0.1) is 0 Å². The Balaban J connectivity index is 3.26. The van der Waals surface area contributed by atoms with Gasteiger partial charge in [-0.25, -0.2) is 0 Å². The summed E-state index contributed by atoms with van der Waals surface area (Å²) in [6.07, 6.45) is 3.07. The van der Waals surface area contributed by atoms with Crippen molar-refractivity contribution in [1.29, 1.82) is 0 Å². The van der Waals surface area contributed by atoms with Crippen LogP contribution in [0.5, 0.6) is 0 Å². The van der Waals surface area contributed by atoms with Gasteiger partial charge in [-0.2, -0.15) is 0 Å². The maximum atomic E-state index is 10.1. The molecule has 0 amide bonds. The first-order chi connectivity index (χ1) is 3.27. The highest BCUT2D eigenvalue weighted by Gasteiger charge is 1.75. The molecule has 2 heteroatoms. The number of nitrogens with one attached hydrogen (secondary N) is 1. The van der Waals surface area contributed by atoms with Gasteiger partial charge in [-0.05, 0) is 19.2 Å². The van der Waals surface area contributed by atoms with E-state index >= 15 is 0 Å². The number of carbonyl (C=O) groups is 1. The van der Waals surface area contributed by atoms with Crippen LogP contribution in [0.3, 0.4) is 0 Å². The highest BCUT2D eigenvalue weighted by molar-refractivity contribution is 5.87. The van der Waals surface area contributed by atoms with Gasteiger partial charge in [0, 0.05) is 7.05 Å². The number of rotatable bonds is 2. The lowest BCUT2D eigenvalue weighted by molar-refractivity contribution is -0.112. The van der Waals surface area contributed by atoms with E-state index in [1.165, 1.54) is 13.0 Å². The Morgan fingerprint density at radius 1 is 1.71 bits per heavy atom. The lowest BCUT2D eigenvalue weighted by Crippen LogP contribution is -1.93. The van der Waals surface area contributed by atoms with Gasteiger partial charge in [0.05, 0.1) is 0 Å². The largest absolute Gasteiger partial charge is 0.394 e.